The fraction of sp³-hybridized carbons (Fsp3) is 0.392. The topological polar surface area (TPSA) is 273 Å². The molecule has 9 aromatic rings. The van der Waals surface area contributed by atoms with Crippen LogP contribution in [0.15, 0.2) is 190 Å². The van der Waals surface area contributed by atoms with E-state index in [1.807, 2.05) is 143 Å². The van der Waals surface area contributed by atoms with Crippen molar-refractivity contribution in [2.75, 3.05) is 64.7 Å². The minimum absolute atomic E-state index is 0.0942. The minimum Gasteiger partial charge on any atom is -0.381 e. The van der Waals surface area contributed by atoms with Crippen LogP contribution in [-0.2, 0) is 61.9 Å². The molecule has 9 rings (SSSR count). The number of thiazole rings is 3. The molecule has 0 atom stereocenters. The molecule has 35 heteroatoms. The second-order valence-corrected chi connectivity index (χ2v) is 46.2. The molecule has 6 aromatic carbocycles. The van der Waals surface area contributed by atoms with Crippen molar-refractivity contribution in [2.45, 2.75) is 138 Å². The molecule has 0 radical (unpaired) electrons. The van der Waals surface area contributed by atoms with Gasteiger partial charge in [-0.2, -0.15) is 33.7 Å². The van der Waals surface area contributed by atoms with Crippen LogP contribution in [0.5, 0.6) is 0 Å². The van der Waals surface area contributed by atoms with Crippen molar-refractivity contribution in [3.8, 4) is 0 Å². The Labute approximate surface area is 729 Å². The van der Waals surface area contributed by atoms with E-state index < -0.39 is 40.5 Å². The predicted molar refractivity (Wildman–Crippen MR) is 475 cm³/mol. The minimum atomic E-state index is -3.26. The number of carbonyl (C=O) groups is 3. The smallest absolute Gasteiger partial charge is 0.264 e. The zero-order chi connectivity index (χ0) is 86.9. The number of hydrogen-bond acceptors (Lipinski definition) is 25. The Hall–Kier alpha value is -4.39. The fourth-order valence-electron chi connectivity index (χ4n) is 7.13. The highest BCUT2D eigenvalue weighted by Crippen LogP contribution is 2.34. The highest BCUT2D eigenvalue weighted by atomic mass is 35.5. The van der Waals surface area contributed by atoms with Crippen LogP contribution in [0.2, 0.25) is 30.1 Å². The Bertz CT molecular complexity index is 4380. The van der Waals surface area contributed by atoms with E-state index in [4.69, 9.17) is 74.3 Å². The zero-order valence-corrected chi connectivity index (χ0v) is 79.8. The number of rotatable bonds is 22. The molecule has 114 heavy (non-hydrogen) atoms. The van der Waals surface area contributed by atoms with Gasteiger partial charge in [0, 0.05) is 104 Å². The standard InChI is InChI=1S/3C16H9Cl2NOS2.C7H16O.4C6H14O3S/c3*17-11-3-6-14(18)13(9-11)15(20)10-1-4-12(5-2-10)22-16-19-7-8-21-16;1-5-8-6-7(2,3)4;4*1-6(2,3)5-9-10(4,7)8/h3*1-9H;5-6H2,1-4H3;4*5H2,1-4H3. The van der Waals surface area contributed by atoms with Crippen LogP contribution in [0.25, 0.3) is 0 Å². The third-order valence-corrected chi connectivity index (χ3v) is 21.8. The largest absolute Gasteiger partial charge is 0.381 e. The summed E-state index contributed by atoms with van der Waals surface area (Å²) in [5.74, 6) is -0.421. The van der Waals surface area contributed by atoms with Crippen LogP contribution < -0.4 is 0 Å². The Kier molecular flexibility index (Phi) is 45.8. The lowest BCUT2D eigenvalue weighted by Crippen LogP contribution is -2.17. The monoisotopic (exact) mass is 1880 g/mol. The van der Waals surface area contributed by atoms with Gasteiger partial charge in [0.25, 0.3) is 40.5 Å². The molecule has 0 amide bonds. The molecule has 0 spiro atoms. The first kappa shape index (κ1) is 106. The highest BCUT2D eigenvalue weighted by molar-refractivity contribution is 8.01. The van der Waals surface area contributed by atoms with E-state index in [2.05, 4.69) is 52.5 Å². The van der Waals surface area contributed by atoms with E-state index in [0.29, 0.717) is 68.9 Å². The zero-order valence-electron chi connectivity index (χ0n) is 67.1. The molecule has 0 aliphatic carbocycles. The molecule has 0 aliphatic heterocycles. The van der Waals surface area contributed by atoms with Crippen LogP contribution in [0, 0.1) is 27.1 Å². The first-order chi connectivity index (χ1) is 52.3. The molecule has 0 saturated carbocycles. The van der Waals surface area contributed by atoms with Gasteiger partial charge in [-0.3, -0.25) is 31.1 Å². The molecular formula is C79H99Cl6N3O16S10. The molecule has 19 nitrogen and oxygen atoms in total. The first-order valence-corrected chi connectivity index (χ1v) is 48.9. The van der Waals surface area contributed by atoms with Gasteiger partial charge in [0.15, 0.2) is 30.4 Å². The third-order valence-electron chi connectivity index (χ3n) is 12.3. The fourth-order valence-corrected chi connectivity index (χ4v) is 15.3. The van der Waals surface area contributed by atoms with Crippen LogP contribution in [0.1, 0.15) is 159 Å². The molecule has 0 aliphatic rings. The Morgan fingerprint density at radius 1 is 0.342 bits per heavy atom. The normalized spacial score (nSPS) is 11.8. The summed E-state index contributed by atoms with van der Waals surface area (Å²) in [4.78, 5) is 53.2. The number of nitrogens with zero attached hydrogens (tertiary/aromatic N) is 3. The second kappa shape index (κ2) is 49.4. The van der Waals surface area contributed by atoms with Crippen molar-refractivity contribution in [3.05, 3.63) is 226 Å². The Balaban J connectivity index is 0.000000458. The molecule has 0 bridgehead atoms. The number of hydrogen-bond donors (Lipinski definition) is 0. The van der Waals surface area contributed by atoms with Crippen molar-refractivity contribution < 1.29 is 69.5 Å². The van der Waals surface area contributed by atoms with E-state index in [1.54, 1.807) is 179 Å². The van der Waals surface area contributed by atoms with E-state index in [1.165, 1.54) is 0 Å². The first-order valence-electron chi connectivity index (χ1n) is 34.3. The Morgan fingerprint density at radius 3 is 0.702 bits per heavy atom. The van der Waals surface area contributed by atoms with Crippen molar-refractivity contribution in [1.29, 1.82) is 0 Å². The summed E-state index contributed by atoms with van der Waals surface area (Å²) in [5.41, 5.74) is 2.92. The molecule has 628 valence electrons. The molecule has 0 fully saturated rings. The van der Waals surface area contributed by atoms with Gasteiger partial charge in [-0.25, -0.2) is 15.0 Å². The SMILES string of the molecule is CC(C)(C)COS(C)(=O)=O.CC(C)(C)COS(C)(=O)=O.CC(C)(C)COS(C)(=O)=O.CC(C)(C)COS(C)(=O)=O.CCOCC(C)(C)C.O=C(c1ccc(Sc2nccs2)cc1)c1cc(Cl)ccc1Cl.O=C(c1ccc(Sc2nccs2)cc1)c1cc(Cl)ccc1Cl.O=C(c1ccc(Sc2nccs2)cc1)c1cc(Cl)ccc1Cl. The van der Waals surface area contributed by atoms with Gasteiger partial charge in [0.05, 0.1) is 73.1 Å². The second-order valence-electron chi connectivity index (χ2n) is 30.4. The molecule has 0 N–H and O–H groups in total. The van der Waals surface area contributed by atoms with Crippen LogP contribution in [-0.4, -0.2) is 131 Å². The summed E-state index contributed by atoms with van der Waals surface area (Å²) in [7, 11) is -13.0. The average molecular weight is 1880 g/mol. The van der Waals surface area contributed by atoms with Crippen molar-refractivity contribution in [3.63, 3.8) is 0 Å². The number of carbonyl (C=O) groups excluding carboxylic acids is 3. The summed E-state index contributed by atoms with van der Waals surface area (Å²) < 4.78 is 110. The lowest BCUT2D eigenvalue weighted by molar-refractivity contribution is 0.0805. The van der Waals surface area contributed by atoms with Gasteiger partial charge < -0.3 is 4.74 Å². The number of ketones is 3. The molecular weight excluding hydrogens is 1780 g/mol. The van der Waals surface area contributed by atoms with E-state index >= 15 is 0 Å². The predicted octanol–water partition coefficient (Wildman–Crippen LogP) is 23.6. The lowest BCUT2D eigenvalue weighted by Gasteiger charge is -2.16. The van der Waals surface area contributed by atoms with Gasteiger partial charge in [-0.15, -0.1) is 34.0 Å². The number of halogens is 6. The van der Waals surface area contributed by atoms with Crippen LogP contribution in [0.3, 0.4) is 0 Å². The number of benzene rings is 6. The summed E-state index contributed by atoms with van der Waals surface area (Å²) in [5, 5.41) is 8.46. The maximum Gasteiger partial charge on any atom is 0.264 e. The van der Waals surface area contributed by atoms with Crippen molar-refractivity contribution in [1.82, 2.24) is 15.0 Å². The number of aromatic nitrogens is 3. The number of ether oxygens (including phenoxy) is 1. The van der Waals surface area contributed by atoms with E-state index in [9.17, 15) is 48.1 Å². The molecule has 0 saturated heterocycles. The molecule has 3 aromatic heterocycles. The Morgan fingerprint density at radius 2 is 0.553 bits per heavy atom. The highest BCUT2D eigenvalue weighted by Gasteiger charge is 2.21. The van der Waals surface area contributed by atoms with Gasteiger partial charge >= 0.3 is 0 Å². The van der Waals surface area contributed by atoms with Crippen molar-refractivity contribution >= 4 is 197 Å². The lowest BCUT2D eigenvalue weighted by atomic mass is 9.99. The summed E-state index contributed by atoms with van der Waals surface area (Å²) in [6.45, 7) is 34.2. The quantitative estimate of drug-likeness (QED) is 0.0450. The van der Waals surface area contributed by atoms with E-state index in [-0.39, 0.29) is 65.4 Å². The third kappa shape index (κ3) is 51.2. The average Bonchev–Trinajstić information content (AvgIpc) is 0.890. The maximum absolute atomic E-state index is 12.5. The summed E-state index contributed by atoms with van der Waals surface area (Å²) >= 11 is 45.5. The maximum atomic E-state index is 12.5. The molecule has 0 unspecified atom stereocenters. The van der Waals surface area contributed by atoms with Crippen LogP contribution in [0.4, 0.5) is 0 Å². The van der Waals surface area contributed by atoms with Crippen LogP contribution >= 0.6 is 139 Å². The summed E-state index contributed by atoms with van der Waals surface area (Å²) in [6, 6.07) is 36.8. The molecule has 3 heterocycles. The van der Waals surface area contributed by atoms with Crippen molar-refractivity contribution in [2.24, 2.45) is 27.1 Å². The van der Waals surface area contributed by atoms with Gasteiger partial charge in [-0.05, 0) is 161 Å². The van der Waals surface area contributed by atoms with Gasteiger partial charge in [-0.1, -0.05) is 209 Å². The van der Waals surface area contributed by atoms with Gasteiger partial charge in [0.2, 0.25) is 0 Å². The summed E-state index contributed by atoms with van der Waals surface area (Å²) in [6.07, 6.45) is 9.53. The van der Waals surface area contributed by atoms with E-state index in [0.717, 1.165) is 65.9 Å². The van der Waals surface area contributed by atoms with Gasteiger partial charge in [0.1, 0.15) is 0 Å².